The van der Waals surface area contributed by atoms with Crippen molar-refractivity contribution in [3.05, 3.63) is 57.2 Å². The highest BCUT2D eigenvalue weighted by atomic mass is 35.5. The van der Waals surface area contributed by atoms with E-state index in [0.717, 1.165) is 17.7 Å². The Labute approximate surface area is 164 Å². The number of carbonyl (C=O) groups excluding carboxylic acids is 1. The number of benzene rings is 1. The lowest BCUT2D eigenvalue weighted by atomic mass is 9.97. The Balaban J connectivity index is 1.52. The van der Waals surface area contributed by atoms with Crippen molar-refractivity contribution in [3.63, 3.8) is 0 Å². The molecule has 3 aromatic rings. The van der Waals surface area contributed by atoms with Crippen LogP contribution >= 0.6 is 34.5 Å². The molecule has 3 heterocycles. The predicted octanol–water partition coefficient (Wildman–Crippen LogP) is 5.12. The first kappa shape index (κ1) is 17.5. The maximum atomic E-state index is 12.9. The number of thiophene rings is 1. The third-order valence-electron chi connectivity index (χ3n) is 4.39. The van der Waals surface area contributed by atoms with Crippen LogP contribution in [0.5, 0.6) is 0 Å². The van der Waals surface area contributed by atoms with E-state index in [2.05, 4.69) is 10.2 Å². The van der Waals surface area contributed by atoms with E-state index in [4.69, 9.17) is 27.6 Å². The molecule has 1 unspecified atom stereocenters. The van der Waals surface area contributed by atoms with E-state index in [9.17, 15) is 4.79 Å². The summed E-state index contributed by atoms with van der Waals surface area (Å²) in [6.07, 6.45) is 1.77. The van der Waals surface area contributed by atoms with Crippen molar-refractivity contribution in [2.75, 3.05) is 13.1 Å². The summed E-state index contributed by atoms with van der Waals surface area (Å²) in [5.74, 6) is 0.992. The minimum Gasteiger partial charge on any atom is -0.420 e. The molecule has 5 nitrogen and oxygen atoms in total. The number of hydrogen-bond acceptors (Lipinski definition) is 5. The zero-order valence-corrected chi connectivity index (χ0v) is 16.0. The molecule has 0 saturated carbocycles. The van der Waals surface area contributed by atoms with E-state index in [1.807, 2.05) is 17.5 Å². The topological polar surface area (TPSA) is 59.2 Å². The molecule has 134 valence electrons. The van der Waals surface area contributed by atoms with Crippen molar-refractivity contribution in [2.45, 2.75) is 18.8 Å². The van der Waals surface area contributed by atoms with E-state index >= 15 is 0 Å². The quantitative estimate of drug-likeness (QED) is 0.603. The van der Waals surface area contributed by atoms with Crippen molar-refractivity contribution in [1.82, 2.24) is 15.1 Å². The zero-order chi connectivity index (χ0) is 18.1. The van der Waals surface area contributed by atoms with Gasteiger partial charge in [-0.15, -0.1) is 21.5 Å². The highest BCUT2D eigenvalue weighted by molar-refractivity contribution is 7.13. The Morgan fingerprint density at radius 1 is 1.27 bits per heavy atom. The minimum absolute atomic E-state index is 0.0203. The summed E-state index contributed by atoms with van der Waals surface area (Å²) in [5, 5.41) is 11.2. The average Bonchev–Trinajstić information content (AvgIpc) is 3.34. The average molecular weight is 408 g/mol. The molecule has 4 rings (SSSR count). The van der Waals surface area contributed by atoms with Gasteiger partial charge in [0.05, 0.1) is 21.4 Å². The van der Waals surface area contributed by atoms with Crippen molar-refractivity contribution in [3.8, 4) is 10.8 Å². The molecule has 26 heavy (non-hydrogen) atoms. The third kappa shape index (κ3) is 3.49. The van der Waals surface area contributed by atoms with Gasteiger partial charge in [0.2, 0.25) is 5.89 Å². The molecule has 1 atom stereocenters. The second-order valence-corrected chi connectivity index (χ2v) is 7.93. The number of piperidine rings is 1. The highest BCUT2D eigenvalue weighted by Crippen LogP contribution is 2.31. The van der Waals surface area contributed by atoms with Gasteiger partial charge < -0.3 is 9.32 Å². The maximum Gasteiger partial charge on any atom is 0.257 e. The van der Waals surface area contributed by atoms with Gasteiger partial charge in [-0.25, -0.2) is 0 Å². The van der Waals surface area contributed by atoms with Crippen LogP contribution in [0.3, 0.4) is 0 Å². The largest absolute Gasteiger partial charge is 0.420 e. The van der Waals surface area contributed by atoms with Crippen LogP contribution in [-0.2, 0) is 0 Å². The van der Waals surface area contributed by atoms with Gasteiger partial charge >= 0.3 is 0 Å². The number of rotatable bonds is 3. The fourth-order valence-corrected chi connectivity index (χ4v) is 4.11. The maximum absolute atomic E-state index is 12.9. The van der Waals surface area contributed by atoms with Gasteiger partial charge in [-0.3, -0.25) is 4.79 Å². The number of likely N-dealkylation sites (tertiary alicyclic amines) is 1. The summed E-state index contributed by atoms with van der Waals surface area (Å²) in [6.45, 7) is 1.19. The standard InChI is InChI=1S/C18H15Cl2N3O2S/c19-12-5-6-14(20)13(9-12)18(24)23-7-1-3-11(10-23)16-21-22-17(25-16)15-4-2-8-26-15/h2,4-6,8-9,11H,1,3,7,10H2. The number of halogens is 2. The number of hydrogen-bond donors (Lipinski definition) is 0. The van der Waals surface area contributed by atoms with Crippen LogP contribution in [0.25, 0.3) is 10.8 Å². The Morgan fingerprint density at radius 3 is 2.96 bits per heavy atom. The number of aromatic nitrogens is 2. The normalized spacial score (nSPS) is 17.5. The molecule has 1 fully saturated rings. The Kier molecular flexibility index (Phi) is 4.98. The van der Waals surface area contributed by atoms with Crippen LogP contribution in [0.1, 0.15) is 35.0 Å². The summed E-state index contributed by atoms with van der Waals surface area (Å²) in [7, 11) is 0. The minimum atomic E-state index is -0.125. The second kappa shape index (κ2) is 7.39. The lowest BCUT2D eigenvalue weighted by Crippen LogP contribution is -2.39. The van der Waals surface area contributed by atoms with Gasteiger partial charge in [0, 0.05) is 18.1 Å². The molecule has 0 bridgehead atoms. The Morgan fingerprint density at radius 2 is 2.15 bits per heavy atom. The van der Waals surface area contributed by atoms with Gasteiger partial charge in [-0.2, -0.15) is 0 Å². The SMILES string of the molecule is O=C(c1cc(Cl)ccc1Cl)N1CCCC(c2nnc(-c3cccs3)o2)C1. The number of nitrogens with zero attached hydrogens (tertiary/aromatic N) is 3. The van der Waals surface area contributed by atoms with Crippen LogP contribution in [0, 0.1) is 0 Å². The first-order chi connectivity index (χ1) is 12.6. The van der Waals surface area contributed by atoms with Crippen LogP contribution in [0.4, 0.5) is 0 Å². The fourth-order valence-electron chi connectivity index (χ4n) is 3.09. The number of carbonyl (C=O) groups is 1. The van der Waals surface area contributed by atoms with Gasteiger partial charge in [0.15, 0.2) is 0 Å². The van der Waals surface area contributed by atoms with Crippen molar-refractivity contribution in [1.29, 1.82) is 0 Å². The first-order valence-electron chi connectivity index (χ1n) is 8.23. The van der Waals surface area contributed by atoms with Gasteiger partial charge in [-0.05, 0) is 42.5 Å². The Hall–Kier alpha value is -1.89. The van der Waals surface area contributed by atoms with E-state index in [1.54, 1.807) is 34.4 Å². The van der Waals surface area contributed by atoms with E-state index < -0.39 is 0 Å². The zero-order valence-electron chi connectivity index (χ0n) is 13.7. The smallest absolute Gasteiger partial charge is 0.257 e. The van der Waals surface area contributed by atoms with Crippen LogP contribution in [-0.4, -0.2) is 34.1 Å². The predicted molar refractivity (Wildman–Crippen MR) is 102 cm³/mol. The summed E-state index contributed by atoms with van der Waals surface area (Å²) >= 11 is 13.7. The van der Waals surface area contributed by atoms with E-state index in [-0.39, 0.29) is 11.8 Å². The molecule has 1 aromatic carbocycles. The lowest BCUT2D eigenvalue weighted by Gasteiger charge is -2.31. The molecule has 0 aliphatic carbocycles. The van der Waals surface area contributed by atoms with E-state index in [1.165, 1.54) is 0 Å². The molecule has 2 aromatic heterocycles. The third-order valence-corrected chi connectivity index (χ3v) is 5.81. The molecular weight excluding hydrogens is 393 g/mol. The highest BCUT2D eigenvalue weighted by Gasteiger charge is 2.30. The summed E-state index contributed by atoms with van der Waals surface area (Å²) in [4.78, 5) is 15.6. The van der Waals surface area contributed by atoms with Gasteiger partial charge in [-0.1, -0.05) is 29.3 Å². The molecule has 0 spiro atoms. The molecule has 1 amide bonds. The molecular formula is C18H15Cl2N3O2S. The molecule has 1 saturated heterocycles. The van der Waals surface area contributed by atoms with Crippen molar-refractivity contribution in [2.24, 2.45) is 0 Å². The summed E-state index contributed by atoms with van der Waals surface area (Å²) < 4.78 is 5.85. The summed E-state index contributed by atoms with van der Waals surface area (Å²) in [5.41, 5.74) is 0.421. The fraction of sp³-hybridized carbons (Fsp3) is 0.278. The second-order valence-electron chi connectivity index (χ2n) is 6.14. The molecule has 1 aliphatic heterocycles. The number of amides is 1. The summed E-state index contributed by atoms with van der Waals surface area (Å²) in [6, 6.07) is 8.81. The van der Waals surface area contributed by atoms with Crippen LogP contribution < -0.4 is 0 Å². The molecule has 0 N–H and O–H groups in total. The van der Waals surface area contributed by atoms with E-state index in [0.29, 0.717) is 40.5 Å². The first-order valence-corrected chi connectivity index (χ1v) is 9.87. The molecule has 0 radical (unpaired) electrons. The molecule has 1 aliphatic rings. The Bertz CT molecular complexity index is 926. The lowest BCUT2D eigenvalue weighted by molar-refractivity contribution is 0.0698. The molecule has 8 heteroatoms. The van der Waals surface area contributed by atoms with Gasteiger partial charge in [0.25, 0.3) is 11.8 Å². The van der Waals surface area contributed by atoms with Crippen LogP contribution in [0.15, 0.2) is 40.1 Å². The monoisotopic (exact) mass is 407 g/mol. The van der Waals surface area contributed by atoms with Crippen molar-refractivity contribution >= 4 is 40.4 Å². The van der Waals surface area contributed by atoms with Gasteiger partial charge in [0.1, 0.15) is 0 Å². The van der Waals surface area contributed by atoms with Crippen LogP contribution in [0.2, 0.25) is 10.0 Å². The van der Waals surface area contributed by atoms with Crippen molar-refractivity contribution < 1.29 is 9.21 Å².